The van der Waals surface area contributed by atoms with Gasteiger partial charge in [0, 0.05) is 53.8 Å². The van der Waals surface area contributed by atoms with Gasteiger partial charge in [0.15, 0.2) is 0 Å². The lowest BCUT2D eigenvalue weighted by Gasteiger charge is -2.26. The number of halogens is 1. The van der Waals surface area contributed by atoms with Crippen LogP contribution in [0, 0.1) is 24.1 Å². The number of carbonyl (C=O) groups is 1. The van der Waals surface area contributed by atoms with Crippen LogP contribution < -0.4 is 5.32 Å². The van der Waals surface area contributed by atoms with Crippen LogP contribution in [0.5, 0.6) is 0 Å². The molecular weight excluding hydrogens is 463 g/mol. The minimum Gasteiger partial charge on any atom is -0.355 e. The predicted molar refractivity (Wildman–Crippen MR) is 143 cm³/mol. The van der Waals surface area contributed by atoms with Crippen LogP contribution in [0.2, 0.25) is 0 Å². The fourth-order valence-corrected chi connectivity index (χ4v) is 6.21. The highest BCUT2D eigenvalue weighted by Crippen LogP contribution is 2.69. The van der Waals surface area contributed by atoms with Crippen molar-refractivity contribution in [1.29, 1.82) is 5.41 Å². The molecule has 4 aromatic rings. The van der Waals surface area contributed by atoms with Gasteiger partial charge in [-0.15, -0.1) is 0 Å². The second-order valence-corrected chi connectivity index (χ2v) is 9.97. The second kappa shape index (κ2) is 8.96. The van der Waals surface area contributed by atoms with Crippen LogP contribution in [0.4, 0.5) is 15.8 Å². The molecule has 0 bridgehead atoms. The van der Waals surface area contributed by atoms with Gasteiger partial charge in [-0.1, -0.05) is 36.4 Å². The number of hydrogen-bond acceptors (Lipinski definition) is 4. The van der Waals surface area contributed by atoms with Crippen molar-refractivity contribution in [1.82, 2.24) is 9.88 Å². The van der Waals surface area contributed by atoms with Gasteiger partial charge in [-0.3, -0.25) is 9.78 Å². The quantitative estimate of drug-likeness (QED) is 0.322. The van der Waals surface area contributed by atoms with Crippen molar-refractivity contribution in [3.05, 3.63) is 125 Å². The van der Waals surface area contributed by atoms with Crippen LogP contribution in [0.25, 0.3) is 0 Å². The number of anilines is 2. The summed E-state index contributed by atoms with van der Waals surface area (Å²) in [5.74, 6) is 0.255. The van der Waals surface area contributed by atoms with Gasteiger partial charge in [0.2, 0.25) is 0 Å². The number of piperidine rings is 1. The minimum atomic E-state index is -0.291. The fourth-order valence-electron chi connectivity index (χ4n) is 6.21. The molecule has 6 rings (SSSR count). The minimum absolute atomic E-state index is 0.0430. The molecule has 5 nitrogen and oxygen atoms in total. The number of rotatable bonds is 6. The van der Waals surface area contributed by atoms with E-state index in [1.165, 1.54) is 29.5 Å². The third kappa shape index (κ3) is 3.89. The van der Waals surface area contributed by atoms with E-state index in [4.69, 9.17) is 5.41 Å². The Labute approximate surface area is 215 Å². The molecule has 3 unspecified atom stereocenters. The molecule has 2 N–H and O–H groups in total. The molecule has 3 atom stereocenters. The Hall–Kier alpha value is -4.32. The number of pyridine rings is 1. The zero-order chi connectivity index (χ0) is 25.6. The summed E-state index contributed by atoms with van der Waals surface area (Å²) in [5.41, 5.74) is 6.11. The maximum absolute atomic E-state index is 13.4. The number of fused-ring (bicyclic) bond motifs is 1. The molecule has 3 aromatic carbocycles. The number of aromatic nitrogens is 1. The summed E-state index contributed by atoms with van der Waals surface area (Å²) < 4.78 is 13.4. The molecule has 6 heteroatoms. The molecule has 37 heavy (non-hydrogen) atoms. The van der Waals surface area contributed by atoms with E-state index in [0.717, 1.165) is 22.5 Å². The van der Waals surface area contributed by atoms with Gasteiger partial charge in [-0.05, 0) is 78.1 Å². The molecular formula is C31H27FN4O. The molecule has 2 heterocycles. The molecule has 0 spiro atoms. The summed E-state index contributed by atoms with van der Waals surface area (Å²) in [4.78, 5) is 19.5. The third-order valence-corrected chi connectivity index (χ3v) is 7.89. The van der Waals surface area contributed by atoms with Gasteiger partial charge in [-0.25, -0.2) is 4.39 Å². The number of benzene rings is 3. The van der Waals surface area contributed by atoms with Gasteiger partial charge < -0.3 is 15.6 Å². The second-order valence-electron chi connectivity index (χ2n) is 9.97. The highest BCUT2D eigenvalue weighted by atomic mass is 19.1. The highest BCUT2D eigenvalue weighted by Gasteiger charge is 2.71. The Morgan fingerprint density at radius 3 is 2.54 bits per heavy atom. The van der Waals surface area contributed by atoms with Gasteiger partial charge >= 0.3 is 0 Å². The van der Waals surface area contributed by atoms with Gasteiger partial charge in [-0.2, -0.15) is 0 Å². The van der Waals surface area contributed by atoms with Gasteiger partial charge in [0.1, 0.15) is 11.5 Å². The maximum atomic E-state index is 13.4. The monoisotopic (exact) mass is 490 g/mol. The first-order valence-electron chi connectivity index (χ1n) is 12.4. The zero-order valence-electron chi connectivity index (χ0n) is 20.5. The number of nitrogens with zero attached hydrogens (tertiary/aromatic N) is 2. The Kier molecular flexibility index (Phi) is 5.60. The number of aryl methyl sites for hydroxylation is 1. The van der Waals surface area contributed by atoms with Crippen LogP contribution in [-0.2, 0) is 5.41 Å². The van der Waals surface area contributed by atoms with E-state index in [2.05, 4.69) is 53.6 Å². The Bertz CT molecular complexity index is 1470. The van der Waals surface area contributed by atoms with E-state index in [1.54, 1.807) is 24.4 Å². The summed E-state index contributed by atoms with van der Waals surface area (Å²) in [5, 5.41) is 11.5. The number of amides is 1. The fraction of sp³-hybridized carbons (Fsp3) is 0.194. The highest BCUT2D eigenvalue weighted by molar-refractivity contribution is 5.93. The summed E-state index contributed by atoms with van der Waals surface area (Å²) in [7, 11) is 0. The smallest absolute Gasteiger partial charge is 0.272 e. The van der Waals surface area contributed by atoms with E-state index in [-0.39, 0.29) is 23.1 Å². The van der Waals surface area contributed by atoms with Crippen molar-refractivity contribution < 1.29 is 9.18 Å². The Morgan fingerprint density at radius 1 is 1.08 bits per heavy atom. The van der Waals surface area contributed by atoms with Crippen molar-refractivity contribution in [2.24, 2.45) is 5.92 Å². The van der Waals surface area contributed by atoms with Crippen molar-refractivity contribution >= 4 is 23.5 Å². The molecule has 2 aliphatic rings. The summed E-state index contributed by atoms with van der Waals surface area (Å²) in [6.45, 7) is 3.37. The van der Waals surface area contributed by atoms with Crippen LogP contribution in [0.1, 0.15) is 38.7 Å². The van der Waals surface area contributed by atoms with E-state index in [9.17, 15) is 9.18 Å². The van der Waals surface area contributed by atoms with Gasteiger partial charge in [0.25, 0.3) is 5.91 Å². The Balaban J connectivity index is 1.38. The Morgan fingerprint density at radius 2 is 1.84 bits per heavy atom. The molecule has 1 aliphatic carbocycles. The van der Waals surface area contributed by atoms with E-state index < -0.39 is 0 Å². The number of nitrogens with one attached hydrogen (secondary N) is 2. The lowest BCUT2D eigenvalue weighted by atomic mass is 9.85. The van der Waals surface area contributed by atoms with E-state index in [1.807, 2.05) is 23.1 Å². The number of likely N-dealkylation sites (tertiary alicyclic amines) is 1. The van der Waals surface area contributed by atoms with Crippen LogP contribution in [0.15, 0.2) is 91.1 Å². The van der Waals surface area contributed by atoms with Crippen LogP contribution >= 0.6 is 0 Å². The van der Waals surface area contributed by atoms with Gasteiger partial charge in [0.05, 0.1) is 0 Å². The molecule has 1 saturated heterocycles. The zero-order valence-corrected chi connectivity index (χ0v) is 20.5. The first-order chi connectivity index (χ1) is 18.0. The topological polar surface area (TPSA) is 69.1 Å². The summed E-state index contributed by atoms with van der Waals surface area (Å²) in [6.07, 6.45) is 3.01. The summed E-state index contributed by atoms with van der Waals surface area (Å²) >= 11 is 0. The normalized spacial score (nSPS) is 21.8. The molecule has 1 aromatic heterocycles. The van der Waals surface area contributed by atoms with Crippen molar-refractivity contribution in [2.45, 2.75) is 18.3 Å². The lowest BCUT2D eigenvalue weighted by Crippen LogP contribution is -2.35. The number of carbonyl (C=O) groups excluding carboxylic acids is 1. The lowest BCUT2D eigenvalue weighted by molar-refractivity contribution is 0.0763. The van der Waals surface area contributed by atoms with Crippen LogP contribution in [0.3, 0.4) is 0 Å². The average Bonchev–Trinajstić information content (AvgIpc) is 3.39. The largest absolute Gasteiger partial charge is 0.355 e. The first-order valence-corrected chi connectivity index (χ1v) is 12.4. The molecule has 2 fully saturated rings. The van der Waals surface area contributed by atoms with Crippen molar-refractivity contribution in [3.63, 3.8) is 0 Å². The number of hydrogen-bond donors (Lipinski definition) is 2. The van der Waals surface area contributed by atoms with E-state index >= 15 is 0 Å². The SMILES string of the molecule is Cc1cc(Nc2ccc(F)cc2)c(C=N)cc1C12CN(C(=O)c3ccccn3)CC1C2c1ccccc1. The maximum Gasteiger partial charge on any atom is 0.272 e. The standard InChI is InChI=1S/C31H27FN4O/c1-20-15-28(35-24-12-10-23(32)11-13-24)22(17-33)16-25(20)31-19-36(30(37)27-9-5-6-14-34-27)18-26(31)29(31)21-7-3-2-4-8-21/h2-17,26,29,33,35H,18-19H2,1H3. The molecule has 1 saturated carbocycles. The molecule has 1 aliphatic heterocycles. The first kappa shape index (κ1) is 23.1. The van der Waals surface area contributed by atoms with Crippen molar-refractivity contribution in [3.8, 4) is 0 Å². The van der Waals surface area contributed by atoms with Crippen LogP contribution in [-0.4, -0.2) is 35.1 Å². The summed E-state index contributed by atoms with van der Waals surface area (Å²) in [6, 6.07) is 26.3. The molecule has 1 amide bonds. The molecule has 0 radical (unpaired) electrons. The third-order valence-electron chi connectivity index (χ3n) is 7.89. The molecule has 184 valence electrons. The average molecular weight is 491 g/mol. The van der Waals surface area contributed by atoms with E-state index in [0.29, 0.717) is 24.7 Å². The van der Waals surface area contributed by atoms with Crippen molar-refractivity contribution in [2.75, 3.05) is 18.4 Å². The predicted octanol–water partition coefficient (Wildman–Crippen LogP) is 6.08.